The van der Waals surface area contributed by atoms with E-state index in [-0.39, 0.29) is 25.4 Å². The molecule has 1 aliphatic heterocycles. The molecule has 142 valence electrons. The summed E-state index contributed by atoms with van der Waals surface area (Å²) in [7, 11) is -0.673. The molecular weight excluding hydrogens is 364 g/mol. The van der Waals surface area contributed by atoms with E-state index >= 15 is 0 Å². The van der Waals surface area contributed by atoms with Gasteiger partial charge in [-0.05, 0) is 17.7 Å². The lowest BCUT2D eigenvalue weighted by atomic mass is 10.1. The van der Waals surface area contributed by atoms with Crippen molar-refractivity contribution in [2.75, 3.05) is 32.9 Å². The monoisotopic (exact) mass is 384 g/mol. The number of alkyl halides is 3. The summed E-state index contributed by atoms with van der Waals surface area (Å²) >= 11 is 0. The first kappa shape index (κ1) is 20.1. The van der Waals surface area contributed by atoms with Gasteiger partial charge in [0.15, 0.2) is 0 Å². The van der Waals surface area contributed by atoms with Crippen molar-refractivity contribution in [3.63, 3.8) is 0 Å². The highest BCUT2D eigenvalue weighted by Crippen LogP contribution is 2.32. The smallest absolute Gasteiger partial charge is 0.391 e. The molecule has 1 fully saturated rings. The minimum atomic E-state index is -4.75. The van der Waals surface area contributed by atoms with Crippen molar-refractivity contribution >= 4 is 10.0 Å². The first-order valence-electron chi connectivity index (χ1n) is 7.56. The summed E-state index contributed by atoms with van der Waals surface area (Å²) < 4.78 is 76.2. The van der Waals surface area contributed by atoms with E-state index in [0.29, 0.717) is 11.6 Å². The van der Waals surface area contributed by atoms with Crippen LogP contribution >= 0.6 is 0 Å². The van der Waals surface area contributed by atoms with Crippen LogP contribution in [0, 0.1) is 11.7 Å². The summed E-state index contributed by atoms with van der Waals surface area (Å²) in [6.07, 6.45) is -5.62. The Kier molecular flexibility index (Phi) is 5.77. The quantitative estimate of drug-likeness (QED) is 0.783. The van der Waals surface area contributed by atoms with E-state index in [2.05, 4.69) is 0 Å². The fourth-order valence-electron chi connectivity index (χ4n) is 2.80. The number of halogens is 4. The predicted molar refractivity (Wildman–Crippen MR) is 83.6 cm³/mol. The van der Waals surface area contributed by atoms with Crippen molar-refractivity contribution in [2.24, 2.45) is 5.92 Å². The van der Waals surface area contributed by atoms with Crippen LogP contribution in [0.3, 0.4) is 0 Å². The number of hydrogen-bond donors (Lipinski definition) is 1. The number of likely N-dealkylation sites (tertiary alicyclic amines) is 1. The van der Waals surface area contributed by atoms with Gasteiger partial charge in [-0.1, -0.05) is 6.07 Å². The first-order chi connectivity index (χ1) is 11.4. The lowest BCUT2D eigenvalue weighted by Gasteiger charge is -2.18. The zero-order valence-corrected chi connectivity index (χ0v) is 14.6. The van der Waals surface area contributed by atoms with E-state index in [1.54, 1.807) is 4.90 Å². The minimum Gasteiger partial charge on any atom is -0.391 e. The normalized spacial score (nSPS) is 22.7. The van der Waals surface area contributed by atoms with Gasteiger partial charge in [0.1, 0.15) is 5.82 Å². The molecule has 1 aromatic rings. The molecule has 0 amide bonds. The van der Waals surface area contributed by atoms with Crippen molar-refractivity contribution in [1.82, 2.24) is 9.21 Å². The molecule has 2 unspecified atom stereocenters. The maximum Gasteiger partial charge on any atom is 0.419 e. The van der Waals surface area contributed by atoms with Crippen LogP contribution in [0.25, 0.3) is 0 Å². The molecule has 1 aromatic carbocycles. The summed E-state index contributed by atoms with van der Waals surface area (Å²) in [6.45, 7) is 0.567. The Morgan fingerprint density at radius 1 is 1.28 bits per heavy atom. The third-order valence-corrected chi connectivity index (χ3v) is 6.17. The van der Waals surface area contributed by atoms with Crippen LogP contribution in [0.15, 0.2) is 18.2 Å². The highest BCUT2D eigenvalue weighted by molar-refractivity contribution is 7.89. The maximum atomic E-state index is 13.6. The summed E-state index contributed by atoms with van der Waals surface area (Å²) in [6, 6.07) is 2.69. The Labute approximate surface area is 143 Å². The molecule has 0 bridgehead atoms. The molecule has 0 aliphatic carbocycles. The second-order valence-corrected chi connectivity index (χ2v) is 8.62. The molecular formula is C15H20F4N2O3S. The minimum absolute atomic E-state index is 0.130. The third-order valence-electron chi connectivity index (χ3n) is 4.21. The van der Waals surface area contributed by atoms with Gasteiger partial charge in [0.25, 0.3) is 0 Å². The Morgan fingerprint density at radius 2 is 1.92 bits per heavy atom. The highest BCUT2D eigenvalue weighted by Gasteiger charge is 2.36. The second kappa shape index (κ2) is 7.18. The first-order valence-corrected chi connectivity index (χ1v) is 9.17. The maximum absolute atomic E-state index is 13.6. The molecule has 1 heterocycles. The molecule has 1 N–H and O–H groups in total. The van der Waals surface area contributed by atoms with Crippen LogP contribution in [0.5, 0.6) is 0 Å². The Balaban J connectivity index is 2.04. The standard InChI is InChI=1S/C15H20F4N2O3S/c1-20(2)25(23,24)9-11-7-21(8-14(11)22)6-10-3-4-12(13(16)5-10)15(17,18)19/h3-5,11,14,22H,6-9H2,1-2H3. The number of sulfonamides is 1. The van der Waals surface area contributed by atoms with Gasteiger partial charge >= 0.3 is 6.18 Å². The van der Waals surface area contributed by atoms with Crippen molar-refractivity contribution < 1.29 is 31.1 Å². The molecule has 0 aromatic heterocycles. The van der Waals surface area contributed by atoms with Crippen molar-refractivity contribution in [3.8, 4) is 0 Å². The lowest BCUT2D eigenvalue weighted by molar-refractivity contribution is -0.140. The number of aliphatic hydroxyl groups excluding tert-OH is 1. The average Bonchev–Trinajstić information content (AvgIpc) is 2.76. The van der Waals surface area contributed by atoms with E-state index in [4.69, 9.17) is 0 Å². The fraction of sp³-hybridized carbons (Fsp3) is 0.600. The van der Waals surface area contributed by atoms with Gasteiger partial charge in [0, 0.05) is 39.6 Å². The molecule has 0 radical (unpaired) electrons. The van der Waals surface area contributed by atoms with Gasteiger partial charge in [-0.2, -0.15) is 13.2 Å². The average molecular weight is 384 g/mol. The topological polar surface area (TPSA) is 60.9 Å². The summed E-state index contributed by atoms with van der Waals surface area (Å²) in [5.74, 6) is -2.08. The summed E-state index contributed by atoms with van der Waals surface area (Å²) in [4.78, 5) is 1.70. The van der Waals surface area contributed by atoms with Gasteiger partial charge < -0.3 is 5.11 Å². The van der Waals surface area contributed by atoms with Crippen molar-refractivity contribution in [3.05, 3.63) is 35.1 Å². The van der Waals surface area contributed by atoms with E-state index < -0.39 is 39.6 Å². The van der Waals surface area contributed by atoms with Crippen molar-refractivity contribution in [2.45, 2.75) is 18.8 Å². The summed E-state index contributed by atoms with van der Waals surface area (Å²) in [5.41, 5.74) is -0.999. The molecule has 10 heteroatoms. The van der Waals surface area contributed by atoms with E-state index in [1.807, 2.05) is 0 Å². The van der Waals surface area contributed by atoms with Gasteiger partial charge in [-0.3, -0.25) is 4.90 Å². The van der Waals surface area contributed by atoms with E-state index in [9.17, 15) is 31.1 Å². The fourth-order valence-corrected chi connectivity index (χ4v) is 3.97. The van der Waals surface area contributed by atoms with Gasteiger partial charge in [-0.25, -0.2) is 17.1 Å². The number of nitrogens with zero attached hydrogens (tertiary/aromatic N) is 2. The van der Waals surface area contributed by atoms with Gasteiger partial charge in [0.05, 0.1) is 17.4 Å². The molecule has 0 saturated carbocycles. The van der Waals surface area contributed by atoms with Crippen LogP contribution in [0.2, 0.25) is 0 Å². The number of hydrogen-bond acceptors (Lipinski definition) is 4. The van der Waals surface area contributed by atoms with E-state index in [1.165, 1.54) is 20.2 Å². The SMILES string of the molecule is CN(C)S(=O)(=O)CC1CN(Cc2ccc(C(F)(F)F)c(F)c2)CC1O. The van der Waals surface area contributed by atoms with Crippen LogP contribution in [0.4, 0.5) is 17.6 Å². The lowest BCUT2D eigenvalue weighted by Crippen LogP contribution is -2.33. The van der Waals surface area contributed by atoms with Crippen molar-refractivity contribution in [1.29, 1.82) is 0 Å². The molecule has 0 spiro atoms. The molecule has 2 atom stereocenters. The van der Waals surface area contributed by atoms with Crippen LogP contribution in [0.1, 0.15) is 11.1 Å². The van der Waals surface area contributed by atoms with E-state index in [0.717, 1.165) is 10.4 Å². The predicted octanol–water partition coefficient (Wildman–Crippen LogP) is 1.53. The number of benzene rings is 1. The Morgan fingerprint density at radius 3 is 2.44 bits per heavy atom. The molecule has 1 aliphatic rings. The third kappa shape index (κ3) is 4.90. The zero-order valence-electron chi connectivity index (χ0n) is 13.8. The highest BCUT2D eigenvalue weighted by atomic mass is 32.2. The second-order valence-electron chi connectivity index (χ2n) is 6.39. The summed E-state index contributed by atoms with van der Waals surface area (Å²) in [5, 5.41) is 10.0. The zero-order chi connectivity index (χ0) is 19.0. The number of rotatable bonds is 5. The van der Waals surface area contributed by atoms with Gasteiger partial charge in [-0.15, -0.1) is 0 Å². The van der Waals surface area contributed by atoms with Crippen LogP contribution < -0.4 is 0 Å². The number of β-amino-alcohol motifs (C(OH)–C–C–N with tert-alkyl or cyclic N) is 1. The molecule has 5 nitrogen and oxygen atoms in total. The van der Waals surface area contributed by atoms with Crippen LogP contribution in [-0.4, -0.2) is 61.8 Å². The number of aliphatic hydroxyl groups is 1. The Bertz CT molecular complexity index is 722. The Hall–Kier alpha value is -1.23. The molecule has 25 heavy (non-hydrogen) atoms. The molecule has 1 saturated heterocycles. The van der Waals surface area contributed by atoms with Crippen LogP contribution in [-0.2, 0) is 22.7 Å². The van der Waals surface area contributed by atoms with Gasteiger partial charge in [0.2, 0.25) is 10.0 Å². The largest absolute Gasteiger partial charge is 0.419 e. The molecule has 2 rings (SSSR count).